The Hall–Kier alpha value is -1.46. The van der Waals surface area contributed by atoms with E-state index in [0.29, 0.717) is 6.42 Å². The topological polar surface area (TPSA) is 51.7 Å². The van der Waals surface area contributed by atoms with Gasteiger partial charge in [-0.1, -0.05) is 32.4 Å². The summed E-state index contributed by atoms with van der Waals surface area (Å²) in [6.45, 7) is 8.55. The molecule has 0 saturated carbocycles. The summed E-state index contributed by atoms with van der Waals surface area (Å²) in [6.07, 6.45) is 14.5. The van der Waals surface area contributed by atoms with Crippen LogP contribution in [0.5, 0.6) is 0 Å². The van der Waals surface area contributed by atoms with Crippen LogP contribution in [-0.2, 0) is 14.3 Å². The molecule has 1 aromatic heterocycles. The second kappa shape index (κ2) is 10.0. The third kappa shape index (κ3) is 7.38. The summed E-state index contributed by atoms with van der Waals surface area (Å²) < 4.78 is 11.8. The second-order valence-corrected chi connectivity index (χ2v) is 10.3. The maximum Gasteiger partial charge on any atom is 0.306 e. The number of rotatable bonds is 2. The first-order valence-electron chi connectivity index (χ1n) is 10.9. The number of hydrogen-bond donors (Lipinski definition) is 0. The average Bonchev–Trinajstić information content (AvgIpc) is 3.27. The van der Waals surface area contributed by atoms with E-state index in [0.717, 1.165) is 48.4 Å². The maximum atomic E-state index is 12.6. The number of aromatic nitrogens is 1. The Balaban J connectivity index is 1.70. The minimum Gasteiger partial charge on any atom is -0.458 e. The normalized spacial score (nSPS) is 29.2. The number of carbonyl (C=O) groups excluding carboxylic acids is 1. The van der Waals surface area contributed by atoms with Gasteiger partial charge >= 0.3 is 5.97 Å². The van der Waals surface area contributed by atoms with Crippen molar-refractivity contribution in [3.8, 4) is 0 Å². The Morgan fingerprint density at radius 2 is 2.07 bits per heavy atom. The molecule has 4 nitrogen and oxygen atoms in total. The smallest absolute Gasteiger partial charge is 0.306 e. The average molecular weight is 418 g/mol. The van der Waals surface area contributed by atoms with Gasteiger partial charge < -0.3 is 9.47 Å². The van der Waals surface area contributed by atoms with Gasteiger partial charge in [-0.25, -0.2) is 4.98 Å². The van der Waals surface area contributed by atoms with Crippen LogP contribution in [0.4, 0.5) is 0 Å². The minimum absolute atomic E-state index is 0.102. The molecule has 0 N–H and O–H groups in total. The first kappa shape index (κ1) is 22.2. The lowest BCUT2D eigenvalue weighted by molar-refractivity contribution is -0.148. The van der Waals surface area contributed by atoms with Gasteiger partial charge in [-0.2, -0.15) is 0 Å². The number of fused-ring (bicyclic) bond motifs is 1. The van der Waals surface area contributed by atoms with Gasteiger partial charge in [0.2, 0.25) is 0 Å². The number of allylic oxidation sites excluding steroid dienone is 1. The van der Waals surface area contributed by atoms with Crippen molar-refractivity contribution in [1.82, 2.24) is 4.98 Å². The quantitative estimate of drug-likeness (QED) is 0.324. The molecule has 29 heavy (non-hydrogen) atoms. The van der Waals surface area contributed by atoms with Gasteiger partial charge in [-0.3, -0.25) is 4.79 Å². The van der Waals surface area contributed by atoms with Crippen molar-refractivity contribution in [3.05, 3.63) is 33.8 Å². The zero-order valence-electron chi connectivity index (χ0n) is 18.3. The van der Waals surface area contributed by atoms with E-state index in [-0.39, 0.29) is 29.7 Å². The molecule has 1 saturated heterocycles. The SMILES string of the molecule is CC(=Cc1csc(C)n1)[C@@H]1C[C@@H]2O[C@@H]2CC=CCCCCC(C)(C)CCC(=O)O1. The lowest BCUT2D eigenvalue weighted by atomic mass is 9.82. The highest BCUT2D eigenvalue weighted by Crippen LogP contribution is 2.34. The van der Waals surface area contributed by atoms with Crippen molar-refractivity contribution in [2.75, 3.05) is 0 Å². The van der Waals surface area contributed by atoms with E-state index in [1.807, 2.05) is 25.3 Å². The number of carbonyl (C=O) groups is 1. The molecule has 0 aromatic carbocycles. The van der Waals surface area contributed by atoms with Gasteiger partial charge in [0, 0.05) is 18.2 Å². The van der Waals surface area contributed by atoms with E-state index < -0.39 is 0 Å². The van der Waals surface area contributed by atoms with Crippen LogP contribution in [0.15, 0.2) is 23.1 Å². The van der Waals surface area contributed by atoms with E-state index in [1.165, 1.54) is 12.8 Å². The molecular formula is C24H35NO3S. The van der Waals surface area contributed by atoms with Gasteiger partial charge in [0.25, 0.3) is 0 Å². The standard InChI is InChI=1S/C24H35NO3S/c1-17(14-19-16-29-18(2)25-19)21-15-22-20(27-22)10-8-6-5-7-9-12-24(3,4)13-11-23(26)28-21/h6,8,14,16,20-22H,5,7,9-13,15H2,1-4H3/t20-,21+,22+/m1/s1. The van der Waals surface area contributed by atoms with Gasteiger partial charge in [0.1, 0.15) is 6.10 Å². The Morgan fingerprint density at radius 1 is 1.24 bits per heavy atom. The summed E-state index contributed by atoms with van der Waals surface area (Å²) in [5.41, 5.74) is 2.14. The minimum atomic E-state index is -0.250. The highest BCUT2D eigenvalue weighted by atomic mass is 32.1. The third-order valence-corrected chi connectivity index (χ3v) is 6.73. The Bertz CT molecular complexity index is 749. The number of nitrogens with zero attached hydrogens (tertiary/aromatic N) is 1. The first-order valence-corrected chi connectivity index (χ1v) is 11.8. The van der Waals surface area contributed by atoms with Crippen LogP contribution in [-0.4, -0.2) is 29.3 Å². The zero-order valence-corrected chi connectivity index (χ0v) is 19.1. The van der Waals surface area contributed by atoms with E-state index >= 15 is 0 Å². The van der Waals surface area contributed by atoms with Crippen LogP contribution >= 0.6 is 11.3 Å². The van der Waals surface area contributed by atoms with Crippen molar-refractivity contribution in [2.24, 2.45) is 5.41 Å². The highest BCUT2D eigenvalue weighted by molar-refractivity contribution is 7.09. The summed E-state index contributed by atoms with van der Waals surface area (Å²) in [4.78, 5) is 17.2. The third-order valence-electron chi connectivity index (χ3n) is 5.94. The van der Waals surface area contributed by atoms with Crippen LogP contribution in [0.1, 0.15) is 82.8 Å². The van der Waals surface area contributed by atoms with Crippen molar-refractivity contribution in [2.45, 2.75) is 97.4 Å². The highest BCUT2D eigenvalue weighted by Gasteiger charge is 2.40. The predicted molar refractivity (Wildman–Crippen MR) is 119 cm³/mol. The molecule has 3 rings (SSSR count). The van der Waals surface area contributed by atoms with Crippen molar-refractivity contribution in [3.63, 3.8) is 0 Å². The summed E-state index contributed by atoms with van der Waals surface area (Å²) >= 11 is 1.63. The van der Waals surface area contributed by atoms with E-state index in [9.17, 15) is 4.79 Å². The monoisotopic (exact) mass is 417 g/mol. The fraction of sp³-hybridized carbons (Fsp3) is 0.667. The van der Waals surface area contributed by atoms with E-state index in [1.54, 1.807) is 11.3 Å². The summed E-state index contributed by atoms with van der Waals surface area (Å²) in [7, 11) is 0. The summed E-state index contributed by atoms with van der Waals surface area (Å²) in [5.74, 6) is -0.102. The van der Waals surface area contributed by atoms with Crippen LogP contribution in [0, 0.1) is 12.3 Å². The molecule has 160 valence electrons. The molecule has 0 amide bonds. The molecule has 5 heteroatoms. The number of epoxide rings is 1. The largest absolute Gasteiger partial charge is 0.458 e. The molecule has 0 aliphatic carbocycles. The van der Waals surface area contributed by atoms with E-state index in [2.05, 4.69) is 31.0 Å². The molecule has 2 aliphatic rings. The summed E-state index contributed by atoms with van der Waals surface area (Å²) in [5, 5.41) is 3.08. The van der Waals surface area contributed by atoms with E-state index in [4.69, 9.17) is 9.47 Å². The first-order chi connectivity index (χ1) is 13.8. The second-order valence-electron chi connectivity index (χ2n) is 9.22. The Labute approximate surface area is 179 Å². The van der Waals surface area contributed by atoms with Crippen LogP contribution < -0.4 is 0 Å². The van der Waals surface area contributed by atoms with Crippen LogP contribution in [0.25, 0.3) is 6.08 Å². The number of hydrogen-bond acceptors (Lipinski definition) is 5. The lowest BCUT2D eigenvalue weighted by Gasteiger charge is -2.25. The number of esters is 1. The molecule has 0 spiro atoms. The molecule has 0 radical (unpaired) electrons. The molecule has 0 bridgehead atoms. The van der Waals surface area contributed by atoms with Crippen LogP contribution in [0.2, 0.25) is 0 Å². The molecular weight excluding hydrogens is 382 g/mol. The van der Waals surface area contributed by atoms with Crippen molar-refractivity contribution >= 4 is 23.4 Å². The summed E-state index contributed by atoms with van der Waals surface area (Å²) in [6, 6.07) is 0. The number of aryl methyl sites for hydroxylation is 1. The van der Waals surface area contributed by atoms with Gasteiger partial charge in [0.15, 0.2) is 0 Å². The predicted octanol–water partition coefficient (Wildman–Crippen LogP) is 6.25. The Kier molecular flexibility index (Phi) is 7.69. The fourth-order valence-corrected chi connectivity index (χ4v) is 4.47. The van der Waals surface area contributed by atoms with Crippen molar-refractivity contribution < 1.29 is 14.3 Å². The van der Waals surface area contributed by atoms with Gasteiger partial charge in [-0.05, 0) is 63.0 Å². The van der Waals surface area contributed by atoms with Gasteiger partial charge in [-0.15, -0.1) is 11.3 Å². The van der Waals surface area contributed by atoms with Gasteiger partial charge in [0.05, 0.1) is 22.9 Å². The molecule has 3 heterocycles. The molecule has 3 atom stereocenters. The number of cyclic esters (lactones) is 1. The zero-order chi connectivity index (χ0) is 20.9. The molecule has 1 fully saturated rings. The molecule has 1 aromatic rings. The molecule has 0 unspecified atom stereocenters. The Morgan fingerprint density at radius 3 is 2.83 bits per heavy atom. The maximum absolute atomic E-state index is 12.6. The van der Waals surface area contributed by atoms with Crippen molar-refractivity contribution in [1.29, 1.82) is 0 Å². The molecule has 2 aliphatic heterocycles. The lowest BCUT2D eigenvalue weighted by Crippen LogP contribution is -2.23. The number of ether oxygens (including phenoxy) is 2. The fourth-order valence-electron chi connectivity index (χ4n) is 3.90. The van der Waals surface area contributed by atoms with Crippen LogP contribution in [0.3, 0.4) is 0 Å². The number of thiazole rings is 1.